The maximum atomic E-state index is 13.1. The van der Waals surface area contributed by atoms with Gasteiger partial charge in [-0.25, -0.2) is 14.4 Å². The second-order valence-electron chi connectivity index (χ2n) is 7.14. The molecule has 4 rings (SSSR count). The average Bonchev–Trinajstić information content (AvgIpc) is 2.94. The van der Waals surface area contributed by atoms with Crippen molar-refractivity contribution < 1.29 is 17.6 Å². The van der Waals surface area contributed by atoms with Gasteiger partial charge in [0.05, 0.1) is 5.52 Å². The number of rotatable bonds is 3. The predicted octanol–water partition coefficient (Wildman–Crippen LogP) is 4.50. The van der Waals surface area contributed by atoms with Crippen LogP contribution in [0.15, 0.2) is 48.7 Å². The Morgan fingerprint density at radius 2 is 1.69 bits per heavy atom. The Morgan fingerprint density at radius 3 is 2.45 bits per heavy atom. The van der Waals surface area contributed by atoms with Crippen LogP contribution in [0.3, 0.4) is 0 Å². The van der Waals surface area contributed by atoms with E-state index in [0.717, 1.165) is 44.2 Å². The van der Waals surface area contributed by atoms with Gasteiger partial charge in [-0.1, -0.05) is 12.1 Å². The van der Waals surface area contributed by atoms with E-state index in [1.807, 2.05) is 0 Å². The standard InChI is InChI=1S/C21H20F4N4/c22-16-4-2-15(3-5-16)14-28-10-1-11-29(13-12-28)20-17-6-7-19(21(23,24)25)27-18(17)8-9-26-20/h2-9H,1,10-14H2. The molecule has 0 spiro atoms. The summed E-state index contributed by atoms with van der Waals surface area (Å²) in [6, 6.07) is 10.5. The van der Waals surface area contributed by atoms with Gasteiger partial charge in [0, 0.05) is 44.3 Å². The third-order valence-electron chi connectivity index (χ3n) is 5.09. The molecule has 29 heavy (non-hydrogen) atoms. The minimum absolute atomic E-state index is 0.250. The molecule has 2 aromatic heterocycles. The number of pyridine rings is 2. The Balaban J connectivity index is 1.51. The minimum Gasteiger partial charge on any atom is -0.355 e. The van der Waals surface area contributed by atoms with Crippen molar-refractivity contribution in [2.75, 3.05) is 31.1 Å². The van der Waals surface area contributed by atoms with Crippen LogP contribution in [0, 0.1) is 5.82 Å². The maximum Gasteiger partial charge on any atom is 0.433 e. The van der Waals surface area contributed by atoms with Gasteiger partial charge >= 0.3 is 6.18 Å². The van der Waals surface area contributed by atoms with Gasteiger partial charge in [-0.05, 0) is 42.3 Å². The highest BCUT2D eigenvalue weighted by Gasteiger charge is 2.32. The number of halogens is 4. The summed E-state index contributed by atoms with van der Waals surface area (Å²) in [6.07, 6.45) is -2.07. The SMILES string of the molecule is Fc1ccc(CN2CCCN(c3nccc4nc(C(F)(F)F)ccc34)CC2)cc1. The van der Waals surface area contributed by atoms with E-state index in [1.165, 1.54) is 30.5 Å². The number of nitrogens with zero attached hydrogens (tertiary/aromatic N) is 4. The third-order valence-corrected chi connectivity index (χ3v) is 5.09. The van der Waals surface area contributed by atoms with Crippen molar-refractivity contribution in [1.29, 1.82) is 0 Å². The number of anilines is 1. The summed E-state index contributed by atoms with van der Waals surface area (Å²) in [7, 11) is 0. The summed E-state index contributed by atoms with van der Waals surface area (Å²) in [5.41, 5.74) is 0.438. The smallest absolute Gasteiger partial charge is 0.355 e. The number of hydrogen-bond acceptors (Lipinski definition) is 4. The number of alkyl halides is 3. The number of hydrogen-bond donors (Lipinski definition) is 0. The fourth-order valence-electron chi connectivity index (χ4n) is 3.64. The van der Waals surface area contributed by atoms with E-state index in [1.54, 1.807) is 12.1 Å². The first kappa shape index (κ1) is 19.6. The molecule has 0 radical (unpaired) electrons. The molecule has 0 unspecified atom stereocenters. The summed E-state index contributed by atoms with van der Waals surface area (Å²) in [4.78, 5) is 12.6. The zero-order chi connectivity index (χ0) is 20.4. The Hall–Kier alpha value is -2.74. The van der Waals surface area contributed by atoms with Crippen molar-refractivity contribution in [3.63, 3.8) is 0 Å². The fourth-order valence-corrected chi connectivity index (χ4v) is 3.64. The molecule has 0 bridgehead atoms. The first-order valence-electron chi connectivity index (χ1n) is 9.45. The second-order valence-corrected chi connectivity index (χ2v) is 7.14. The van der Waals surface area contributed by atoms with E-state index in [2.05, 4.69) is 19.8 Å². The van der Waals surface area contributed by atoms with Crippen LogP contribution in [0.25, 0.3) is 10.9 Å². The monoisotopic (exact) mass is 404 g/mol. The van der Waals surface area contributed by atoms with Crippen LogP contribution in [-0.4, -0.2) is 41.0 Å². The van der Waals surface area contributed by atoms with Crippen LogP contribution in [-0.2, 0) is 12.7 Å². The Kier molecular flexibility index (Phi) is 5.36. The van der Waals surface area contributed by atoms with Gasteiger partial charge in [-0.15, -0.1) is 0 Å². The molecule has 0 N–H and O–H groups in total. The largest absolute Gasteiger partial charge is 0.433 e. The van der Waals surface area contributed by atoms with Crippen molar-refractivity contribution in [1.82, 2.24) is 14.9 Å². The molecule has 4 nitrogen and oxygen atoms in total. The highest BCUT2D eigenvalue weighted by atomic mass is 19.4. The second kappa shape index (κ2) is 7.94. The summed E-state index contributed by atoms with van der Waals surface area (Å²) < 4.78 is 52.0. The topological polar surface area (TPSA) is 32.3 Å². The van der Waals surface area contributed by atoms with Gasteiger partial charge in [-0.3, -0.25) is 4.90 Å². The lowest BCUT2D eigenvalue weighted by Crippen LogP contribution is -2.31. The molecule has 3 aromatic rings. The van der Waals surface area contributed by atoms with Crippen LogP contribution in [0.2, 0.25) is 0 Å². The van der Waals surface area contributed by atoms with Crippen molar-refractivity contribution in [3.05, 3.63) is 65.7 Å². The number of aromatic nitrogens is 2. The quantitative estimate of drug-likeness (QED) is 0.602. The lowest BCUT2D eigenvalue weighted by atomic mass is 10.2. The molecular weight excluding hydrogens is 384 g/mol. The Morgan fingerprint density at radius 1 is 0.897 bits per heavy atom. The van der Waals surface area contributed by atoms with Crippen LogP contribution in [0.1, 0.15) is 17.7 Å². The van der Waals surface area contributed by atoms with Crippen molar-refractivity contribution in [2.24, 2.45) is 0 Å². The van der Waals surface area contributed by atoms with Gasteiger partial charge < -0.3 is 4.90 Å². The van der Waals surface area contributed by atoms with E-state index < -0.39 is 11.9 Å². The lowest BCUT2D eigenvalue weighted by Gasteiger charge is -2.24. The van der Waals surface area contributed by atoms with Gasteiger partial charge in [0.15, 0.2) is 0 Å². The lowest BCUT2D eigenvalue weighted by molar-refractivity contribution is -0.140. The average molecular weight is 404 g/mol. The van der Waals surface area contributed by atoms with Crippen molar-refractivity contribution in [3.8, 4) is 0 Å². The first-order valence-corrected chi connectivity index (χ1v) is 9.45. The summed E-state index contributed by atoms with van der Waals surface area (Å²) in [5, 5.41) is 0.618. The zero-order valence-corrected chi connectivity index (χ0v) is 15.7. The molecule has 1 aliphatic rings. The van der Waals surface area contributed by atoms with E-state index in [0.29, 0.717) is 17.7 Å². The van der Waals surface area contributed by atoms with Crippen molar-refractivity contribution >= 4 is 16.7 Å². The molecule has 0 amide bonds. The number of fused-ring (bicyclic) bond motifs is 1. The summed E-state index contributed by atoms with van der Waals surface area (Å²) in [6.45, 7) is 3.85. The molecule has 3 heterocycles. The van der Waals surface area contributed by atoms with Gasteiger partial charge in [0.1, 0.15) is 17.3 Å². The molecule has 8 heteroatoms. The molecule has 1 fully saturated rings. The van der Waals surface area contributed by atoms with E-state index in [9.17, 15) is 17.6 Å². The van der Waals surface area contributed by atoms with Crippen LogP contribution in [0.4, 0.5) is 23.4 Å². The summed E-state index contributed by atoms with van der Waals surface area (Å²) in [5.74, 6) is 0.410. The zero-order valence-electron chi connectivity index (χ0n) is 15.7. The fraction of sp³-hybridized carbons (Fsp3) is 0.333. The summed E-state index contributed by atoms with van der Waals surface area (Å²) >= 11 is 0. The van der Waals surface area contributed by atoms with E-state index in [4.69, 9.17) is 0 Å². The molecule has 0 saturated carbocycles. The third kappa shape index (κ3) is 4.48. The predicted molar refractivity (Wildman–Crippen MR) is 103 cm³/mol. The molecule has 1 aliphatic heterocycles. The van der Waals surface area contributed by atoms with Crippen LogP contribution < -0.4 is 4.90 Å². The van der Waals surface area contributed by atoms with Crippen LogP contribution in [0.5, 0.6) is 0 Å². The van der Waals surface area contributed by atoms with Gasteiger partial charge in [-0.2, -0.15) is 13.2 Å². The minimum atomic E-state index is -4.47. The molecule has 1 saturated heterocycles. The maximum absolute atomic E-state index is 13.1. The van der Waals surface area contributed by atoms with Gasteiger partial charge in [0.2, 0.25) is 0 Å². The molecule has 0 atom stereocenters. The molecule has 152 valence electrons. The van der Waals surface area contributed by atoms with E-state index in [-0.39, 0.29) is 11.3 Å². The highest BCUT2D eigenvalue weighted by molar-refractivity contribution is 5.89. The Labute approximate surface area is 165 Å². The van der Waals surface area contributed by atoms with Crippen molar-refractivity contribution in [2.45, 2.75) is 19.1 Å². The highest BCUT2D eigenvalue weighted by Crippen LogP contribution is 2.31. The molecule has 1 aromatic carbocycles. The van der Waals surface area contributed by atoms with Crippen LogP contribution >= 0.6 is 0 Å². The first-order chi connectivity index (χ1) is 13.9. The van der Waals surface area contributed by atoms with E-state index >= 15 is 0 Å². The molecular formula is C21H20F4N4. The number of benzene rings is 1. The van der Waals surface area contributed by atoms with Gasteiger partial charge in [0.25, 0.3) is 0 Å². The Bertz CT molecular complexity index is 988. The normalized spacial score (nSPS) is 16.2. The molecule has 0 aliphatic carbocycles.